The summed E-state index contributed by atoms with van der Waals surface area (Å²) < 4.78 is 62.2. The number of anilines is 1. The molecule has 4 aromatic rings. The molecule has 2 aromatic heterocycles. The van der Waals surface area contributed by atoms with Gasteiger partial charge in [-0.15, -0.1) is 0 Å². The molecular formula is C43H55F3N6O4. The first-order chi connectivity index (χ1) is 26.7. The third-order valence-electron chi connectivity index (χ3n) is 12.3. The van der Waals surface area contributed by atoms with Crippen LogP contribution in [0.4, 0.5) is 23.8 Å². The van der Waals surface area contributed by atoms with Crippen LogP contribution in [-0.4, -0.2) is 81.9 Å². The second-order valence-electron chi connectivity index (χ2n) is 17.6. The molecule has 4 fully saturated rings. The largest absolute Gasteiger partial charge is 0.481 e. The van der Waals surface area contributed by atoms with Crippen molar-refractivity contribution in [3.05, 3.63) is 41.3 Å². The van der Waals surface area contributed by atoms with Crippen molar-refractivity contribution in [1.29, 1.82) is 0 Å². The summed E-state index contributed by atoms with van der Waals surface area (Å²) in [6.45, 7) is 11.6. The third kappa shape index (κ3) is 7.64. The van der Waals surface area contributed by atoms with Crippen LogP contribution in [0.2, 0.25) is 0 Å². The zero-order valence-corrected chi connectivity index (χ0v) is 33.4. The summed E-state index contributed by atoms with van der Waals surface area (Å²) >= 11 is 0. The monoisotopic (exact) mass is 776 g/mol. The number of piperidine rings is 1. The molecule has 0 radical (unpaired) electrons. The minimum Gasteiger partial charge on any atom is -0.481 e. The van der Waals surface area contributed by atoms with Crippen LogP contribution >= 0.6 is 0 Å². The molecule has 1 aliphatic carbocycles. The predicted molar refractivity (Wildman–Crippen MR) is 210 cm³/mol. The number of aryl methyl sites for hydroxylation is 2. The van der Waals surface area contributed by atoms with Gasteiger partial charge < -0.3 is 24.0 Å². The zero-order chi connectivity index (χ0) is 39.4. The number of hydrogen-bond acceptors (Lipinski definition) is 8. The number of halogens is 3. The first kappa shape index (κ1) is 38.7. The number of nitrogens with zero attached hydrogens (tertiary/aromatic N) is 6. The fourth-order valence-electron chi connectivity index (χ4n) is 9.36. The van der Waals surface area contributed by atoms with E-state index in [1.165, 1.54) is 0 Å². The number of ether oxygens (including phenoxy) is 3. The van der Waals surface area contributed by atoms with Crippen molar-refractivity contribution >= 4 is 33.7 Å². The van der Waals surface area contributed by atoms with Crippen molar-refractivity contribution in [3.63, 3.8) is 0 Å². The second kappa shape index (κ2) is 15.0. The Bertz CT molecular complexity index is 2080. The lowest BCUT2D eigenvalue weighted by atomic mass is 9.72. The van der Waals surface area contributed by atoms with Crippen molar-refractivity contribution < 1.29 is 32.2 Å². The first-order valence-electron chi connectivity index (χ1n) is 20.6. The molecule has 302 valence electrons. The smallest absolute Gasteiger partial charge is 0.422 e. The molecular weight excluding hydrogens is 722 g/mol. The maximum absolute atomic E-state index is 14.2. The molecule has 2 aromatic carbocycles. The quantitative estimate of drug-likeness (QED) is 0.183. The minimum atomic E-state index is -4.56. The van der Waals surface area contributed by atoms with E-state index in [0.29, 0.717) is 61.5 Å². The summed E-state index contributed by atoms with van der Waals surface area (Å²) in [5.41, 5.74) is 3.96. The van der Waals surface area contributed by atoms with Crippen LogP contribution in [0, 0.1) is 12.3 Å². The Morgan fingerprint density at radius 1 is 0.964 bits per heavy atom. The Morgan fingerprint density at radius 3 is 2.36 bits per heavy atom. The highest BCUT2D eigenvalue weighted by Crippen LogP contribution is 2.48. The molecule has 0 N–H and O–H groups in total. The first-order valence-corrected chi connectivity index (χ1v) is 20.6. The topological polar surface area (TPSA) is 94.8 Å². The lowest BCUT2D eigenvalue weighted by Crippen LogP contribution is -2.62. The standard InChI is InChI=1S/C43H55F3N6O4/c1-6-28-22-30-36(37(55-26-43(44,45)46)35(28)34-27(2)15-16-32-31(34)23-47-52(32)33-14-10-11-21-54-33)48-38(29-12-8-7-9-13-29)49-39(30)50-19-17-42(18-20-50)24-51(25-42)40(53)56-41(3,4)5/h15-16,22-23,29,33H,6-14,17-21,24-26H2,1-5H3. The highest BCUT2D eigenvalue weighted by atomic mass is 19.4. The second-order valence-corrected chi connectivity index (χ2v) is 17.6. The van der Waals surface area contributed by atoms with E-state index >= 15 is 0 Å². The normalized spacial score (nSPS) is 20.8. The van der Waals surface area contributed by atoms with Crippen LogP contribution in [0.1, 0.15) is 121 Å². The molecule has 1 saturated carbocycles. The Kier molecular flexibility index (Phi) is 10.4. The third-order valence-corrected chi connectivity index (χ3v) is 12.3. The summed E-state index contributed by atoms with van der Waals surface area (Å²) in [5, 5.41) is 6.34. The number of carbonyl (C=O) groups excluding carboxylic acids is 1. The SMILES string of the molecule is CCc1cc2c(N3CCC4(CC3)CN(C(=O)OC(C)(C)C)C4)nc(C3CCCCC3)nc2c(OCC(F)(F)F)c1-c1c(C)ccc2c1cnn2C1CCCCO1. The molecule has 10 nitrogen and oxygen atoms in total. The van der Waals surface area contributed by atoms with Crippen molar-refractivity contribution in [2.45, 2.75) is 129 Å². The number of carbonyl (C=O) groups is 1. The van der Waals surface area contributed by atoms with Gasteiger partial charge in [0.05, 0.1) is 11.7 Å². The van der Waals surface area contributed by atoms with E-state index in [1.54, 1.807) is 4.90 Å². The van der Waals surface area contributed by atoms with Gasteiger partial charge in [-0.3, -0.25) is 0 Å². The Balaban J connectivity index is 1.24. The van der Waals surface area contributed by atoms with Gasteiger partial charge in [0.15, 0.2) is 18.6 Å². The van der Waals surface area contributed by atoms with Crippen LogP contribution in [0.5, 0.6) is 5.75 Å². The molecule has 13 heteroatoms. The van der Waals surface area contributed by atoms with Crippen LogP contribution in [0.25, 0.3) is 32.9 Å². The number of aromatic nitrogens is 4. The molecule has 1 atom stereocenters. The molecule has 8 rings (SSSR count). The number of fused-ring (bicyclic) bond motifs is 2. The van der Waals surface area contributed by atoms with Crippen molar-refractivity contribution in [3.8, 4) is 16.9 Å². The number of likely N-dealkylation sites (tertiary alicyclic amines) is 1. The maximum Gasteiger partial charge on any atom is 0.422 e. The molecule has 1 unspecified atom stereocenters. The molecule has 5 heterocycles. The molecule has 56 heavy (non-hydrogen) atoms. The molecule has 1 spiro atoms. The van der Waals surface area contributed by atoms with E-state index in [-0.39, 0.29) is 29.4 Å². The van der Waals surface area contributed by atoms with Gasteiger partial charge in [0.1, 0.15) is 22.8 Å². The highest BCUT2D eigenvalue weighted by Gasteiger charge is 2.48. The van der Waals surface area contributed by atoms with Gasteiger partial charge in [0.2, 0.25) is 0 Å². The lowest BCUT2D eigenvalue weighted by molar-refractivity contribution is -0.153. The number of benzene rings is 2. The summed E-state index contributed by atoms with van der Waals surface area (Å²) in [6, 6.07) is 6.14. The average Bonchev–Trinajstić information content (AvgIpc) is 3.59. The van der Waals surface area contributed by atoms with Crippen LogP contribution in [-0.2, 0) is 15.9 Å². The fourth-order valence-corrected chi connectivity index (χ4v) is 9.36. The van der Waals surface area contributed by atoms with Gasteiger partial charge in [0, 0.05) is 60.5 Å². The van der Waals surface area contributed by atoms with Crippen LogP contribution in [0.15, 0.2) is 24.4 Å². The van der Waals surface area contributed by atoms with Crippen molar-refractivity contribution in [2.24, 2.45) is 5.41 Å². The molecule has 1 amide bonds. The summed E-state index contributed by atoms with van der Waals surface area (Å²) in [7, 11) is 0. The van der Waals surface area contributed by atoms with Crippen LogP contribution < -0.4 is 9.64 Å². The van der Waals surface area contributed by atoms with E-state index in [1.807, 2.05) is 57.6 Å². The van der Waals surface area contributed by atoms with Gasteiger partial charge in [-0.1, -0.05) is 32.3 Å². The van der Waals surface area contributed by atoms with E-state index in [0.717, 1.165) is 97.6 Å². The van der Waals surface area contributed by atoms with E-state index in [2.05, 4.69) is 11.0 Å². The Hall–Kier alpha value is -4.13. The number of hydrogen-bond donors (Lipinski definition) is 0. The molecule has 4 aliphatic rings. The summed E-state index contributed by atoms with van der Waals surface area (Å²) in [4.78, 5) is 27.3. The van der Waals surface area contributed by atoms with E-state index in [9.17, 15) is 18.0 Å². The van der Waals surface area contributed by atoms with Gasteiger partial charge in [-0.25, -0.2) is 19.4 Å². The van der Waals surface area contributed by atoms with Gasteiger partial charge >= 0.3 is 12.3 Å². The minimum absolute atomic E-state index is 0.00841. The molecule has 3 saturated heterocycles. The fraction of sp³-hybridized carbons (Fsp3) is 0.628. The van der Waals surface area contributed by atoms with Gasteiger partial charge in [-0.2, -0.15) is 18.3 Å². The number of rotatable bonds is 7. The number of alkyl halides is 3. The Morgan fingerprint density at radius 2 is 1.70 bits per heavy atom. The Labute approximate surface area is 327 Å². The molecule has 0 bridgehead atoms. The van der Waals surface area contributed by atoms with Crippen LogP contribution in [0.3, 0.4) is 0 Å². The zero-order valence-electron chi connectivity index (χ0n) is 33.4. The van der Waals surface area contributed by atoms with E-state index in [4.69, 9.17) is 29.3 Å². The lowest BCUT2D eigenvalue weighted by Gasteiger charge is -2.53. The van der Waals surface area contributed by atoms with E-state index < -0.39 is 18.4 Å². The number of amides is 1. The molecule has 3 aliphatic heterocycles. The average molecular weight is 777 g/mol. The maximum atomic E-state index is 14.2. The predicted octanol–water partition coefficient (Wildman–Crippen LogP) is 10.0. The highest BCUT2D eigenvalue weighted by molar-refractivity contribution is 6.05. The summed E-state index contributed by atoms with van der Waals surface area (Å²) in [5.74, 6) is 1.69. The van der Waals surface area contributed by atoms with Crippen molar-refractivity contribution in [2.75, 3.05) is 44.3 Å². The van der Waals surface area contributed by atoms with Gasteiger partial charge in [-0.05, 0) is 108 Å². The summed E-state index contributed by atoms with van der Waals surface area (Å²) in [6.07, 6.45) is 7.12. The van der Waals surface area contributed by atoms with Gasteiger partial charge in [0.25, 0.3) is 0 Å². The van der Waals surface area contributed by atoms with Crippen molar-refractivity contribution in [1.82, 2.24) is 24.6 Å².